The van der Waals surface area contributed by atoms with Crippen molar-refractivity contribution in [1.29, 1.82) is 0 Å². The summed E-state index contributed by atoms with van der Waals surface area (Å²) in [5, 5.41) is 12.2. The van der Waals surface area contributed by atoms with Gasteiger partial charge in [0.15, 0.2) is 0 Å². The normalized spacial score (nSPS) is 27.8. The second-order valence-corrected chi connectivity index (χ2v) is 7.63. The highest BCUT2D eigenvalue weighted by Gasteiger charge is 2.30. The fraction of sp³-hybridized carbons (Fsp3) is 0.889. The number of nitrogens with one attached hydrogen (secondary N) is 1. The first kappa shape index (κ1) is 19.2. The molecule has 2 fully saturated rings. The summed E-state index contributed by atoms with van der Waals surface area (Å²) in [4.78, 5) is 27.5. The average molecular weight is 339 g/mol. The zero-order valence-corrected chi connectivity index (χ0v) is 15.3. The standard InChI is InChI=1S/C18H33N3O3/c1-13-6-4-5-7-16(13)19-18(24)14(2)21-10-8-15(9-11-21)20(3)12-17(22)23/h13-16H,4-12H2,1-3H3,(H,19,24)(H,22,23). The van der Waals surface area contributed by atoms with Gasteiger partial charge >= 0.3 is 5.97 Å². The number of likely N-dealkylation sites (tertiary alicyclic amines) is 1. The largest absolute Gasteiger partial charge is 0.480 e. The molecule has 24 heavy (non-hydrogen) atoms. The van der Waals surface area contributed by atoms with Gasteiger partial charge in [0, 0.05) is 25.2 Å². The fourth-order valence-electron chi connectivity index (χ4n) is 4.06. The lowest BCUT2D eigenvalue weighted by Crippen LogP contribution is -2.54. The number of carboxylic acids is 1. The van der Waals surface area contributed by atoms with Crippen molar-refractivity contribution in [3.63, 3.8) is 0 Å². The Hall–Kier alpha value is -1.14. The number of piperidine rings is 1. The lowest BCUT2D eigenvalue weighted by molar-refractivity contribution is -0.138. The van der Waals surface area contributed by atoms with Gasteiger partial charge in [-0.2, -0.15) is 0 Å². The van der Waals surface area contributed by atoms with Crippen molar-refractivity contribution in [2.75, 3.05) is 26.7 Å². The number of nitrogens with zero attached hydrogens (tertiary/aromatic N) is 2. The Kier molecular flexibility index (Phi) is 7.04. The number of aliphatic carboxylic acids is 1. The van der Waals surface area contributed by atoms with Crippen LogP contribution in [-0.4, -0.2) is 71.6 Å². The summed E-state index contributed by atoms with van der Waals surface area (Å²) in [6.07, 6.45) is 6.64. The molecule has 2 N–H and O–H groups in total. The molecule has 0 bridgehead atoms. The molecule has 2 aliphatic rings. The number of likely N-dealkylation sites (N-methyl/N-ethyl adjacent to an activating group) is 1. The Morgan fingerprint density at radius 2 is 1.83 bits per heavy atom. The Bertz CT molecular complexity index is 435. The third-order valence-corrected chi connectivity index (χ3v) is 5.87. The second kappa shape index (κ2) is 8.81. The Labute approximate surface area is 145 Å². The number of carbonyl (C=O) groups is 2. The molecule has 3 atom stereocenters. The minimum Gasteiger partial charge on any atom is -0.480 e. The van der Waals surface area contributed by atoms with Crippen molar-refractivity contribution in [1.82, 2.24) is 15.1 Å². The molecular weight excluding hydrogens is 306 g/mol. The predicted octanol–water partition coefficient (Wildman–Crippen LogP) is 1.55. The smallest absolute Gasteiger partial charge is 0.317 e. The number of carboxylic acid groups (broad SMARTS) is 1. The molecule has 1 heterocycles. The molecular formula is C18H33N3O3. The number of rotatable bonds is 6. The highest BCUT2D eigenvalue weighted by atomic mass is 16.4. The third kappa shape index (κ3) is 5.18. The molecule has 0 radical (unpaired) electrons. The first-order valence-corrected chi connectivity index (χ1v) is 9.35. The average Bonchev–Trinajstić information content (AvgIpc) is 2.55. The highest BCUT2D eigenvalue weighted by Crippen LogP contribution is 2.24. The van der Waals surface area contributed by atoms with Crippen molar-refractivity contribution in [2.24, 2.45) is 5.92 Å². The third-order valence-electron chi connectivity index (χ3n) is 5.87. The number of amides is 1. The van der Waals surface area contributed by atoms with Crippen molar-refractivity contribution in [3.05, 3.63) is 0 Å². The van der Waals surface area contributed by atoms with E-state index in [1.54, 1.807) is 0 Å². The van der Waals surface area contributed by atoms with Crippen molar-refractivity contribution in [3.8, 4) is 0 Å². The van der Waals surface area contributed by atoms with Crippen LogP contribution < -0.4 is 5.32 Å². The lowest BCUT2D eigenvalue weighted by Gasteiger charge is -2.39. The van der Waals surface area contributed by atoms with Crippen molar-refractivity contribution in [2.45, 2.75) is 70.5 Å². The van der Waals surface area contributed by atoms with Gasteiger partial charge in [-0.25, -0.2) is 0 Å². The van der Waals surface area contributed by atoms with Gasteiger partial charge < -0.3 is 10.4 Å². The topological polar surface area (TPSA) is 72.9 Å². The van der Waals surface area contributed by atoms with E-state index < -0.39 is 5.97 Å². The molecule has 1 aliphatic carbocycles. The maximum absolute atomic E-state index is 12.6. The molecule has 0 aromatic rings. The first-order chi connectivity index (χ1) is 11.4. The summed E-state index contributed by atoms with van der Waals surface area (Å²) in [5.74, 6) is -0.0642. The maximum Gasteiger partial charge on any atom is 0.317 e. The second-order valence-electron chi connectivity index (χ2n) is 7.63. The van der Waals surface area contributed by atoms with Crippen LogP contribution in [0.2, 0.25) is 0 Å². The van der Waals surface area contributed by atoms with Crippen LogP contribution in [-0.2, 0) is 9.59 Å². The molecule has 1 aliphatic heterocycles. The number of hydrogen-bond acceptors (Lipinski definition) is 4. The first-order valence-electron chi connectivity index (χ1n) is 9.35. The summed E-state index contributed by atoms with van der Waals surface area (Å²) in [7, 11) is 1.87. The van der Waals surface area contributed by atoms with E-state index >= 15 is 0 Å². The SMILES string of the molecule is CC1CCCCC1NC(=O)C(C)N1CCC(N(C)CC(=O)O)CC1. The van der Waals surface area contributed by atoms with E-state index in [4.69, 9.17) is 5.11 Å². The minimum atomic E-state index is -0.783. The van der Waals surface area contributed by atoms with Gasteiger partial charge in [-0.1, -0.05) is 19.8 Å². The van der Waals surface area contributed by atoms with Crippen LogP contribution >= 0.6 is 0 Å². The van der Waals surface area contributed by atoms with Gasteiger partial charge in [-0.15, -0.1) is 0 Å². The molecule has 1 saturated carbocycles. The van der Waals surface area contributed by atoms with Crippen LogP contribution in [0.4, 0.5) is 0 Å². The van der Waals surface area contributed by atoms with E-state index in [2.05, 4.69) is 17.1 Å². The van der Waals surface area contributed by atoms with Crippen LogP contribution in [0.5, 0.6) is 0 Å². The molecule has 1 amide bonds. The van der Waals surface area contributed by atoms with Crippen LogP contribution in [0.1, 0.15) is 52.4 Å². The molecule has 2 rings (SSSR count). The van der Waals surface area contributed by atoms with Crippen LogP contribution in [0, 0.1) is 5.92 Å². The summed E-state index contributed by atoms with van der Waals surface area (Å²) in [5.41, 5.74) is 0. The summed E-state index contributed by atoms with van der Waals surface area (Å²) in [6, 6.07) is 0.517. The number of hydrogen-bond donors (Lipinski definition) is 2. The zero-order valence-electron chi connectivity index (χ0n) is 15.3. The predicted molar refractivity (Wildman–Crippen MR) is 93.9 cm³/mol. The van der Waals surface area contributed by atoms with E-state index in [1.807, 2.05) is 18.9 Å². The molecule has 0 spiro atoms. The van der Waals surface area contributed by atoms with Crippen molar-refractivity contribution < 1.29 is 14.7 Å². The van der Waals surface area contributed by atoms with Gasteiger partial charge in [0.1, 0.15) is 0 Å². The van der Waals surface area contributed by atoms with Gasteiger partial charge in [0.25, 0.3) is 0 Å². The molecule has 0 aromatic heterocycles. The summed E-state index contributed by atoms with van der Waals surface area (Å²) < 4.78 is 0. The Balaban J connectivity index is 1.78. The van der Waals surface area contributed by atoms with Crippen LogP contribution in [0.15, 0.2) is 0 Å². The van der Waals surface area contributed by atoms with Crippen molar-refractivity contribution >= 4 is 11.9 Å². The molecule has 3 unspecified atom stereocenters. The molecule has 6 heteroatoms. The van der Waals surface area contributed by atoms with E-state index in [0.717, 1.165) is 32.4 Å². The lowest BCUT2D eigenvalue weighted by atomic mass is 9.86. The molecule has 1 saturated heterocycles. The summed E-state index contributed by atoms with van der Waals surface area (Å²) >= 11 is 0. The van der Waals surface area contributed by atoms with Crippen LogP contribution in [0.25, 0.3) is 0 Å². The minimum absolute atomic E-state index is 0.0836. The quantitative estimate of drug-likeness (QED) is 0.768. The Morgan fingerprint density at radius 3 is 2.42 bits per heavy atom. The molecule has 0 aromatic carbocycles. The summed E-state index contributed by atoms with van der Waals surface area (Å²) in [6.45, 7) is 6.01. The van der Waals surface area contributed by atoms with E-state index in [0.29, 0.717) is 18.0 Å². The zero-order chi connectivity index (χ0) is 17.7. The molecule has 6 nitrogen and oxygen atoms in total. The Morgan fingerprint density at radius 1 is 1.21 bits per heavy atom. The highest BCUT2D eigenvalue weighted by molar-refractivity contribution is 5.81. The van der Waals surface area contributed by atoms with Crippen LogP contribution in [0.3, 0.4) is 0 Å². The van der Waals surface area contributed by atoms with E-state index in [9.17, 15) is 9.59 Å². The fourth-order valence-corrected chi connectivity index (χ4v) is 4.06. The van der Waals surface area contributed by atoms with Gasteiger partial charge in [0.05, 0.1) is 12.6 Å². The van der Waals surface area contributed by atoms with E-state index in [1.165, 1.54) is 19.3 Å². The van der Waals surface area contributed by atoms with Gasteiger partial charge in [0.2, 0.25) is 5.91 Å². The monoisotopic (exact) mass is 339 g/mol. The van der Waals surface area contributed by atoms with Gasteiger partial charge in [-0.3, -0.25) is 19.4 Å². The number of carbonyl (C=O) groups excluding carboxylic acids is 1. The van der Waals surface area contributed by atoms with E-state index in [-0.39, 0.29) is 18.5 Å². The van der Waals surface area contributed by atoms with Gasteiger partial charge in [-0.05, 0) is 45.6 Å². The molecule has 138 valence electrons. The maximum atomic E-state index is 12.6.